The fraction of sp³-hybridized carbons (Fsp3) is 0.850. The lowest BCUT2D eigenvalue weighted by Crippen LogP contribution is -2.44. The van der Waals surface area contributed by atoms with E-state index < -0.39 is 23.0 Å². The Hall–Kier alpha value is -1.19. The van der Waals surface area contributed by atoms with Gasteiger partial charge in [-0.1, -0.05) is 84.0 Å². The van der Waals surface area contributed by atoms with E-state index in [-0.39, 0.29) is 6.42 Å². The second kappa shape index (κ2) is 13.1. The zero-order valence-corrected chi connectivity index (χ0v) is 15.9. The molecule has 0 aromatic heterocycles. The third kappa shape index (κ3) is 8.07. The van der Waals surface area contributed by atoms with E-state index in [1.165, 1.54) is 65.2 Å². The summed E-state index contributed by atoms with van der Waals surface area (Å²) < 4.78 is 0. The molecule has 0 bridgehead atoms. The third-order valence-corrected chi connectivity index (χ3v) is 4.97. The summed E-state index contributed by atoms with van der Waals surface area (Å²) in [6.45, 7) is 4.64. The van der Waals surface area contributed by atoms with Crippen LogP contribution in [0.25, 0.3) is 0 Å². The number of rotatable bonds is 16. The Kier molecular flexibility index (Phi) is 12.5. The Bertz CT molecular complexity index is 351. The molecular formula is C20H36O4. The van der Waals surface area contributed by atoms with Gasteiger partial charge in [0.2, 0.25) is 0 Å². The van der Waals surface area contributed by atoms with Crippen molar-refractivity contribution >= 4 is 17.5 Å². The molecule has 0 fully saturated rings. The van der Waals surface area contributed by atoms with E-state index in [4.69, 9.17) is 0 Å². The predicted octanol–water partition coefficient (Wildman–Crippen LogP) is 5.33. The lowest BCUT2D eigenvalue weighted by Gasteiger charge is -2.23. The average molecular weight is 341 g/mol. The van der Waals surface area contributed by atoms with Crippen LogP contribution in [0, 0.1) is 5.41 Å². The largest absolute Gasteiger partial charge is 0.480 e. The molecule has 0 saturated heterocycles. The van der Waals surface area contributed by atoms with Crippen LogP contribution in [0.4, 0.5) is 0 Å². The van der Waals surface area contributed by atoms with Gasteiger partial charge in [-0.25, -0.2) is 0 Å². The molecule has 0 spiro atoms. The average Bonchev–Trinajstić information content (AvgIpc) is 2.51. The summed E-state index contributed by atoms with van der Waals surface area (Å²) in [7, 11) is 0. The second-order valence-corrected chi connectivity index (χ2v) is 6.96. The lowest BCUT2D eigenvalue weighted by molar-refractivity contribution is -0.159. The monoisotopic (exact) mass is 340 g/mol. The smallest absolute Gasteiger partial charge is 0.324 e. The summed E-state index contributed by atoms with van der Waals surface area (Å²) in [5, 5.41) is 9.30. The summed E-state index contributed by atoms with van der Waals surface area (Å²) >= 11 is 0. The summed E-state index contributed by atoms with van der Waals surface area (Å²) in [4.78, 5) is 34.8. The molecule has 140 valence electrons. The number of Topliss-reactive ketones (excluding diaryl/α,β-unsaturated/α-hetero) is 2. The molecule has 0 radical (unpaired) electrons. The Labute approximate surface area is 147 Å². The highest BCUT2D eigenvalue weighted by Gasteiger charge is 2.47. The number of carboxylic acids is 1. The number of carboxylic acid groups (broad SMARTS) is 1. The Morgan fingerprint density at radius 1 is 0.667 bits per heavy atom. The van der Waals surface area contributed by atoms with Gasteiger partial charge in [0.05, 0.1) is 0 Å². The van der Waals surface area contributed by atoms with Gasteiger partial charge in [0, 0.05) is 0 Å². The molecule has 1 N–H and O–H groups in total. The first-order valence-corrected chi connectivity index (χ1v) is 9.65. The molecule has 0 atom stereocenters. The van der Waals surface area contributed by atoms with E-state index in [0.29, 0.717) is 6.42 Å². The first-order chi connectivity index (χ1) is 11.4. The van der Waals surface area contributed by atoms with E-state index in [1.54, 1.807) is 0 Å². The molecule has 0 heterocycles. The molecule has 0 saturated carbocycles. The maximum Gasteiger partial charge on any atom is 0.324 e. The van der Waals surface area contributed by atoms with Crippen LogP contribution in [0.2, 0.25) is 0 Å². The van der Waals surface area contributed by atoms with Crippen molar-refractivity contribution in [2.24, 2.45) is 5.41 Å². The summed E-state index contributed by atoms with van der Waals surface area (Å²) in [5.41, 5.74) is -1.82. The minimum atomic E-state index is -1.82. The van der Waals surface area contributed by atoms with Crippen molar-refractivity contribution in [1.29, 1.82) is 0 Å². The molecular weight excluding hydrogens is 304 g/mol. The molecule has 0 unspecified atom stereocenters. The number of carbonyl (C=O) groups excluding carboxylic acids is 2. The van der Waals surface area contributed by atoms with E-state index in [2.05, 4.69) is 6.92 Å². The fourth-order valence-corrected chi connectivity index (χ4v) is 3.24. The zero-order chi connectivity index (χ0) is 18.4. The summed E-state index contributed by atoms with van der Waals surface area (Å²) in [5.74, 6) is -2.40. The Balaban J connectivity index is 3.79. The Morgan fingerprint density at radius 2 is 1.00 bits per heavy atom. The van der Waals surface area contributed by atoms with Crippen LogP contribution in [0.3, 0.4) is 0 Å². The summed E-state index contributed by atoms with van der Waals surface area (Å²) in [6, 6.07) is 0. The van der Waals surface area contributed by atoms with Crippen molar-refractivity contribution in [2.75, 3.05) is 0 Å². The van der Waals surface area contributed by atoms with E-state index in [0.717, 1.165) is 19.3 Å². The van der Waals surface area contributed by atoms with Gasteiger partial charge in [-0.2, -0.15) is 0 Å². The first kappa shape index (κ1) is 22.8. The van der Waals surface area contributed by atoms with Crippen LogP contribution >= 0.6 is 0 Å². The minimum Gasteiger partial charge on any atom is -0.480 e. The van der Waals surface area contributed by atoms with Crippen LogP contribution < -0.4 is 0 Å². The molecule has 4 heteroatoms. The van der Waals surface area contributed by atoms with Gasteiger partial charge in [0.25, 0.3) is 0 Å². The van der Waals surface area contributed by atoms with Crippen LogP contribution in [-0.2, 0) is 14.4 Å². The van der Waals surface area contributed by atoms with Crippen molar-refractivity contribution in [3.63, 3.8) is 0 Å². The fourth-order valence-electron chi connectivity index (χ4n) is 3.24. The van der Waals surface area contributed by atoms with Gasteiger partial charge in [-0.3, -0.25) is 14.4 Å². The number of ketones is 2. The molecule has 0 aliphatic heterocycles. The quantitative estimate of drug-likeness (QED) is 0.304. The van der Waals surface area contributed by atoms with Crippen LogP contribution in [0.1, 0.15) is 104 Å². The standard InChI is InChI=1S/C20H36O4/c1-4-5-6-7-8-9-10-11-12-13-14-15-16-20(17(2)21,18(3)22)19(23)24/h4-16H2,1-3H3,(H,23,24). The normalized spacial score (nSPS) is 11.5. The summed E-state index contributed by atoms with van der Waals surface area (Å²) in [6.07, 6.45) is 14.3. The van der Waals surface area contributed by atoms with Crippen molar-refractivity contribution < 1.29 is 19.5 Å². The van der Waals surface area contributed by atoms with E-state index >= 15 is 0 Å². The van der Waals surface area contributed by atoms with Crippen LogP contribution in [0.5, 0.6) is 0 Å². The molecule has 0 aliphatic rings. The van der Waals surface area contributed by atoms with Crippen molar-refractivity contribution in [2.45, 2.75) is 104 Å². The van der Waals surface area contributed by atoms with Crippen molar-refractivity contribution in [1.82, 2.24) is 0 Å². The van der Waals surface area contributed by atoms with Crippen LogP contribution in [-0.4, -0.2) is 22.6 Å². The van der Waals surface area contributed by atoms with Gasteiger partial charge in [-0.15, -0.1) is 0 Å². The maximum absolute atomic E-state index is 11.7. The molecule has 0 amide bonds. The van der Waals surface area contributed by atoms with Gasteiger partial charge >= 0.3 is 5.97 Å². The predicted molar refractivity (Wildman–Crippen MR) is 97.1 cm³/mol. The molecule has 0 aromatic carbocycles. The van der Waals surface area contributed by atoms with Gasteiger partial charge < -0.3 is 5.11 Å². The van der Waals surface area contributed by atoms with Gasteiger partial charge in [0.15, 0.2) is 17.0 Å². The molecule has 0 rings (SSSR count). The third-order valence-electron chi connectivity index (χ3n) is 4.97. The minimum absolute atomic E-state index is 0.129. The SMILES string of the molecule is CCCCCCCCCCCCCCC(C(C)=O)(C(C)=O)C(=O)O. The Morgan fingerprint density at radius 3 is 1.29 bits per heavy atom. The van der Waals surface area contributed by atoms with Gasteiger partial charge in [-0.05, 0) is 20.3 Å². The number of unbranched alkanes of at least 4 members (excludes halogenated alkanes) is 11. The molecule has 0 aromatic rings. The highest BCUT2D eigenvalue weighted by molar-refractivity contribution is 6.20. The first-order valence-electron chi connectivity index (χ1n) is 9.65. The lowest BCUT2D eigenvalue weighted by atomic mass is 9.76. The number of hydrogen-bond acceptors (Lipinski definition) is 3. The topological polar surface area (TPSA) is 71.4 Å². The van der Waals surface area contributed by atoms with Gasteiger partial charge in [0.1, 0.15) is 0 Å². The van der Waals surface area contributed by atoms with Crippen LogP contribution in [0.15, 0.2) is 0 Å². The molecule has 4 nitrogen and oxygen atoms in total. The van der Waals surface area contributed by atoms with Crippen molar-refractivity contribution in [3.8, 4) is 0 Å². The van der Waals surface area contributed by atoms with E-state index in [1.807, 2.05) is 0 Å². The number of aliphatic carboxylic acids is 1. The zero-order valence-electron chi connectivity index (χ0n) is 15.9. The molecule has 0 aliphatic carbocycles. The van der Waals surface area contributed by atoms with Crippen molar-refractivity contribution in [3.05, 3.63) is 0 Å². The maximum atomic E-state index is 11.7. The highest BCUT2D eigenvalue weighted by Crippen LogP contribution is 2.28. The van der Waals surface area contributed by atoms with E-state index in [9.17, 15) is 19.5 Å². The molecule has 24 heavy (non-hydrogen) atoms. The highest BCUT2D eigenvalue weighted by atomic mass is 16.4. The number of hydrogen-bond donors (Lipinski definition) is 1. The second-order valence-electron chi connectivity index (χ2n) is 6.96. The number of carbonyl (C=O) groups is 3.